The van der Waals surface area contributed by atoms with Gasteiger partial charge in [0.25, 0.3) is 0 Å². The van der Waals surface area contributed by atoms with Crippen molar-refractivity contribution in [3.05, 3.63) is 35.5 Å². The van der Waals surface area contributed by atoms with Crippen molar-refractivity contribution < 1.29 is 4.74 Å². The molecule has 0 N–H and O–H groups in total. The molecule has 6 heteroatoms. The van der Waals surface area contributed by atoms with Crippen LogP contribution in [0.1, 0.15) is 36.8 Å². The number of anilines is 1. The van der Waals surface area contributed by atoms with Gasteiger partial charge in [-0.1, -0.05) is 13.8 Å². The van der Waals surface area contributed by atoms with Crippen LogP contribution in [0.5, 0.6) is 0 Å². The van der Waals surface area contributed by atoms with Crippen LogP contribution in [0.3, 0.4) is 0 Å². The molecule has 6 nitrogen and oxygen atoms in total. The third-order valence-electron chi connectivity index (χ3n) is 3.99. The van der Waals surface area contributed by atoms with Crippen molar-refractivity contribution in [1.82, 2.24) is 19.7 Å². The molecule has 1 fully saturated rings. The Morgan fingerprint density at radius 3 is 2.83 bits per heavy atom. The third-order valence-corrected chi connectivity index (χ3v) is 3.99. The second-order valence-corrected chi connectivity index (χ2v) is 6.56. The van der Waals surface area contributed by atoms with E-state index in [0.29, 0.717) is 12.5 Å². The molecule has 0 spiro atoms. The topological polar surface area (TPSA) is 56.1 Å². The maximum Gasteiger partial charge on any atom is 0.133 e. The van der Waals surface area contributed by atoms with Gasteiger partial charge >= 0.3 is 0 Å². The van der Waals surface area contributed by atoms with Gasteiger partial charge in [-0.05, 0) is 19.4 Å². The van der Waals surface area contributed by atoms with Gasteiger partial charge in [-0.3, -0.25) is 4.68 Å². The van der Waals surface area contributed by atoms with Gasteiger partial charge in [-0.2, -0.15) is 5.10 Å². The largest absolute Gasteiger partial charge is 0.373 e. The third kappa shape index (κ3) is 3.88. The van der Waals surface area contributed by atoms with Gasteiger partial charge in [-0.15, -0.1) is 0 Å². The average Bonchev–Trinajstić information content (AvgIpc) is 2.92. The number of aromatic nitrogens is 4. The number of ether oxygens (including phenoxy) is 1. The molecule has 0 saturated carbocycles. The molecular weight excluding hydrogens is 290 g/mol. The Labute approximate surface area is 137 Å². The molecule has 0 aromatic carbocycles. The van der Waals surface area contributed by atoms with E-state index in [1.165, 1.54) is 5.56 Å². The molecule has 1 aliphatic heterocycles. The number of morpholine rings is 1. The predicted octanol–water partition coefficient (Wildman–Crippen LogP) is 2.32. The second-order valence-electron chi connectivity index (χ2n) is 6.56. The highest BCUT2D eigenvalue weighted by atomic mass is 16.5. The highest BCUT2D eigenvalue weighted by molar-refractivity contribution is 5.40. The molecule has 0 bridgehead atoms. The molecule has 1 saturated heterocycles. The van der Waals surface area contributed by atoms with E-state index in [1.807, 2.05) is 24.0 Å². The van der Waals surface area contributed by atoms with E-state index < -0.39 is 0 Å². The van der Waals surface area contributed by atoms with E-state index in [1.54, 1.807) is 0 Å². The Bertz CT molecular complexity index is 667. The van der Waals surface area contributed by atoms with Crippen LogP contribution in [0.25, 0.3) is 0 Å². The summed E-state index contributed by atoms with van der Waals surface area (Å²) in [4.78, 5) is 11.6. The highest BCUT2D eigenvalue weighted by Gasteiger charge is 2.23. The standard InChI is InChI=1S/C17H25N5O/c1-12(2)17-19-14(4)7-16(20-17)21-5-6-23-15(10-21)11-22-9-13(3)8-18-22/h7-9,12,15H,5-6,10-11H2,1-4H3. The lowest BCUT2D eigenvalue weighted by atomic mass is 10.2. The van der Waals surface area contributed by atoms with E-state index >= 15 is 0 Å². The lowest BCUT2D eigenvalue weighted by molar-refractivity contribution is 0.0271. The van der Waals surface area contributed by atoms with Gasteiger partial charge in [0, 0.05) is 37.0 Å². The molecule has 0 aliphatic carbocycles. The fraction of sp³-hybridized carbons (Fsp3) is 0.588. The van der Waals surface area contributed by atoms with Crippen molar-refractivity contribution in [1.29, 1.82) is 0 Å². The molecule has 2 aromatic heterocycles. The van der Waals surface area contributed by atoms with Crippen molar-refractivity contribution in [3.8, 4) is 0 Å². The first-order chi connectivity index (χ1) is 11.0. The summed E-state index contributed by atoms with van der Waals surface area (Å²) in [7, 11) is 0. The minimum absolute atomic E-state index is 0.126. The van der Waals surface area contributed by atoms with E-state index in [0.717, 1.165) is 37.0 Å². The molecule has 1 aliphatic rings. The number of hydrogen-bond donors (Lipinski definition) is 0. The molecule has 2 aromatic rings. The van der Waals surface area contributed by atoms with Gasteiger partial charge in [0.15, 0.2) is 0 Å². The van der Waals surface area contributed by atoms with E-state index in [2.05, 4.69) is 41.8 Å². The van der Waals surface area contributed by atoms with Crippen molar-refractivity contribution in [2.24, 2.45) is 0 Å². The Hall–Kier alpha value is -1.95. The molecule has 1 unspecified atom stereocenters. The van der Waals surface area contributed by atoms with Crippen LogP contribution in [0.2, 0.25) is 0 Å². The zero-order chi connectivity index (χ0) is 16.4. The summed E-state index contributed by atoms with van der Waals surface area (Å²) in [5.74, 6) is 2.24. The van der Waals surface area contributed by atoms with E-state index in [4.69, 9.17) is 9.72 Å². The summed E-state index contributed by atoms with van der Waals surface area (Å²) in [6.45, 7) is 11.5. The van der Waals surface area contributed by atoms with Crippen LogP contribution in [0.4, 0.5) is 5.82 Å². The number of hydrogen-bond acceptors (Lipinski definition) is 5. The minimum Gasteiger partial charge on any atom is -0.373 e. The smallest absolute Gasteiger partial charge is 0.133 e. The summed E-state index contributed by atoms with van der Waals surface area (Å²) < 4.78 is 7.86. The van der Waals surface area contributed by atoms with Crippen molar-refractivity contribution in [2.75, 3.05) is 24.6 Å². The fourth-order valence-corrected chi connectivity index (χ4v) is 2.81. The maximum absolute atomic E-state index is 5.90. The Kier molecular flexibility index (Phi) is 4.61. The van der Waals surface area contributed by atoms with Gasteiger partial charge in [0.05, 0.1) is 25.5 Å². The van der Waals surface area contributed by atoms with Crippen molar-refractivity contribution in [3.63, 3.8) is 0 Å². The first-order valence-electron chi connectivity index (χ1n) is 8.22. The van der Waals surface area contributed by atoms with E-state index in [9.17, 15) is 0 Å². The Balaban J connectivity index is 1.73. The molecule has 0 amide bonds. The summed E-state index contributed by atoms with van der Waals surface area (Å²) in [5, 5.41) is 4.35. The molecule has 23 heavy (non-hydrogen) atoms. The lowest BCUT2D eigenvalue weighted by Crippen LogP contribution is -2.44. The molecule has 3 rings (SSSR count). The van der Waals surface area contributed by atoms with Crippen LogP contribution < -0.4 is 4.90 Å². The SMILES string of the molecule is Cc1cnn(CC2CN(c3cc(C)nc(C(C)C)n3)CCO2)c1. The van der Waals surface area contributed by atoms with Gasteiger partial charge in [0.1, 0.15) is 11.6 Å². The molecular formula is C17H25N5O. The fourth-order valence-electron chi connectivity index (χ4n) is 2.81. The van der Waals surface area contributed by atoms with Crippen molar-refractivity contribution in [2.45, 2.75) is 46.3 Å². The highest BCUT2D eigenvalue weighted by Crippen LogP contribution is 2.20. The summed E-state index contributed by atoms with van der Waals surface area (Å²) in [5.41, 5.74) is 2.19. The summed E-state index contributed by atoms with van der Waals surface area (Å²) in [6, 6.07) is 2.06. The Morgan fingerprint density at radius 2 is 2.13 bits per heavy atom. The number of nitrogens with zero attached hydrogens (tertiary/aromatic N) is 5. The monoisotopic (exact) mass is 315 g/mol. The van der Waals surface area contributed by atoms with Gasteiger partial charge < -0.3 is 9.64 Å². The summed E-state index contributed by atoms with van der Waals surface area (Å²) >= 11 is 0. The number of aryl methyl sites for hydroxylation is 2. The van der Waals surface area contributed by atoms with Gasteiger partial charge in [0.2, 0.25) is 0 Å². The van der Waals surface area contributed by atoms with Crippen LogP contribution in [-0.4, -0.2) is 45.5 Å². The lowest BCUT2D eigenvalue weighted by Gasteiger charge is -2.34. The van der Waals surface area contributed by atoms with Crippen LogP contribution in [0.15, 0.2) is 18.5 Å². The first-order valence-corrected chi connectivity index (χ1v) is 8.22. The molecule has 0 radical (unpaired) electrons. The van der Waals surface area contributed by atoms with Gasteiger partial charge in [-0.25, -0.2) is 9.97 Å². The molecule has 1 atom stereocenters. The zero-order valence-electron chi connectivity index (χ0n) is 14.4. The van der Waals surface area contributed by atoms with Crippen LogP contribution in [-0.2, 0) is 11.3 Å². The second kappa shape index (κ2) is 6.66. The quantitative estimate of drug-likeness (QED) is 0.866. The Morgan fingerprint density at radius 1 is 1.30 bits per heavy atom. The minimum atomic E-state index is 0.126. The van der Waals surface area contributed by atoms with Crippen LogP contribution >= 0.6 is 0 Å². The number of rotatable bonds is 4. The van der Waals surface area contributed by atoms with Crippen molar-refractivity contribution >= 4 is 5.82 Å². The molecule has 3 heterocycles. The summed E-state index contributed by atoms with van der Waals surface area (Å²) in [6.07, 6.45) is 4.05. The van der Waals surface area contributed by atoms with E-state index in [-0.39, 0.29) is 6.10 Å². The molecule has 124 valence electrons. The maximum atomic E-state index is 5.90. The normalized spacial score (nSPS) is 18.7. The zero-order valence-corrected chi connectivity index (χ0v) is 14.4. The first kappa shape index (κ1) is 15.9. The average molecular weight is 315 g/mol. The van der Waals surface area contributed by atoms with Crippen LogP contribution in [0, 0.1) is 13.8 Å². The predicted molar refractivity (Wildman–Crippen MR) is 89.8 cm³/mol.